The summed E-state index contributed by atoms with van der Waals surface area (Å²) in [4.78, 5) is 12.8. The number of ether oxygens (including phenoxy) is 2. The van der Waals surface area contributed by atoms with Gasteiger partial charge < -0.3 is 14.8 Å². The van der Waals surface area contributed by atoms with Crippen molar-refractivity contribution >= 4 is 17.7 Å². The van der Waals surface area contributed by atoms with Crippen molar-refractivity contribution in [1.82, 2.24) is 5.32 Å². The van der Waals surface area contributed by atoms with E-state index < -0.39 is 0 Å². The van der Waals surface area contributed by atoms with Gasteiger partial charge in [0.05, 0.1) is 5.25 Å². The zero-order chi connectivity index (χ0) is 13.7. The van der Waals surface area contributed by atoms with Gasteiger partial charge in [-0.3, -0.25) is 4.79 Å². The summed E-state index contributed by atoms with van der Waals surface area (Å²) in [6.07, 6.45) is 0.952. The number of nitrogens with one attached hydrogen (secondary N) is 1. The summed E-state index contributed by atoms with van der Waals surface area (Å²) >= 11 is 1.53. The summed E-state index contributed by atoms with van der Waals surface area (Å²) in [6, 6.07) is 5.79. The van der Waals surface area contributed by atoms with Crippen molar-refractivity contribution in [2.75, 3.05) is 19.8 Å². The Bertz CT molecular complexity index is 450. The van der Waals surface area contributed by atoms with Crippen LogP contribution in [-0.4, -0.2) is 30.9 Å². The summed E-state index contributed by atoms with van der Waals surface area (Å²) in [6.45, 7) is 5.85. The first-order valence-corrected chi connectivity index (χ1v) is 7.42. The Balaban J connectivity index is 1.97. The second kappa shape index (κ2) is 6.70. The van der Waals surface area contributed by atoms with Crippen molar-refractivity contribution in [2.24, 2.45) is 0 Å². The fraction of sp³-hybridized carbons (Fsp3) is 0.500. The zero-order valence-electron chi connectivity index (χ0n) is 11.3. The number of carbonyl (C=O) groups is 1. The predicted molar refractivity (Wildman–Crippen MR) is 76.1 cm³/mol. The van der Waals surface area contributed by atoms with E-state index in [2.05, 4.69) is 5.32 Å². The van der Waals surface area contributed by atoms with E-state index in [0.29, 0.717) is 13.2 Å². The molecule has 0 spiro atoms. The highest BCUT2D eigenvalue weighted by Gasteiger charge is 2.16. The molecule has 1 atom stereocenters. The molecule has 0 fully saturated rings. The van der Waals surface area contributed by atoms with Crippen molar-refractivity contribution in [2.45, 2.75) is 30.4 Å². The van der Waals surface area contributed by atoms with Gasteiger partial charge in [0.1, 0.15) is 13.2 Å². The standard InChI is InChI=1S/C14H19NO3S/c1-3-6-15-14(16)10(2)19-11-4-5-12-13(9-11)18-8-7-17-12/h4-5,9-10H,3,6-8H2,1-2H3,(H,15,16)/t10-/m1/s1. The Morgan fingerprint density at radius 2 is 2.11 bits per heavy atom. The Morgan fingerprint density at radius 3 is 2.84 bits per heavy atom. The van der Waals surface area contributed by atoms with Crippen LogP contribution in [0.25, 0.3) is 0 Å². The quantitative estimate of drug-likeness (QED) is 0.842. The monoisotopic (exact) mass is 281 g/mol. The summed E-state index contributed by atoms with van der Waals surface area (Å²) in [5.74, 6) is 1.61. The first kappa shape index (κ1) is 14.1. The van der Waals surface area contributed by atoms with Gasteiger partial charge in [0, 0.05) is 11.4 Å². The molecule has 0 unspecified atom stereocenters. The summed E-state index contributed by atoms with van der Waals surface area (Å²) in [5, 5.41) is 2.78. The number of thioether (sulfide) groups is 1. The molecule has 1 N–H and O–H groups in total. The topological polar surface area (TPSA) is 47.6 Å². The maximum Gasteiger partial charge on any atom is 0.233 e. The second-order valence-corrected chi connectivity index (χ2v) is 5.77. The molecule has 1 heterocycles. The molecular formula is C14H19NO3S. The van der Waals surface area contributed by atoms with Crippen molar-refractivity contribution in [1.29, 1.82) is 0 Å². The van der Waals surface area contributed by atoms with E-state index in [1.54, 1.807) is 0 Å². The third-order valence-corrected chi connectivity index (χ3v) is 3.84. The van der Waals surface area contributed by atoms with Crippen LogP contribution < -0.4 is 14.8 Å². The SMILES string of the molecule is CCCNC(=O)[C@@H](C)Sc1ccc2c(c1)OCCO2. The number of hydrogen-bond acceptors (Lipinski definition) is 4. The molecule has 0 saturated carbocycles. The number of hydrogen-bond donors (Lipinski definition) is 1. The summed E-state index contributed by atoms with van der Waals surface area (Å²) in [5.41, 5.74) is 0. The largest absolute Gasteiger partial charge is 0.486 e. The van der Waals surface area contributed by atoms with E-state index in [9.17, 15) is 4.79 Å². The van der Waals surface area contributed by atoms with E-state index in [1.165, 1.54) is 11.8 Å². The molecule has 1 aliphatic heterocycles. The van der Waals surface area contributed by atoms with Crippen molar-refractivity contribution in [3.05, 3.63) is 18.2 Å². The normalized spacial score (nSPS) is 14.8. The molecule has 0 bridgehead atoms. The molecule has 0 aliphatic carbocycles. The van der Waals surface area contributed by atoms with Crippen LogP contribution in [0.3, 0.4) is 0 Å². The van der Waals surface area contributed by atoms with Crippen LogP contribution in [0.5, 0.6) is 11.5 Å². The molecular weight excluding hydrogens is 262 g/mol. The lowest BCUT2D eigenvalue weighted by atomic mass is 10.3. The van der Waals surface area contributed by atoms with Crippen molar-refractivity contribution in [3.63, 3.8) is 0 Å². The fourth-order valence-corrected chi connectivity index (χ4v) is 2.67. The molecule has 19 heavy (non-hydrogen) atoms. The highest BCUT2D eigenvalue weighted by Crippen LogP contribution is 2.35. The fourth-order valence-electron chi connectivity index (χ4n) is 1.75. The van der Waals surface area contributed by atoms with Crippen molar-refractivity contribution in [3.8, 4) is 11.5 Å². The predicted octanol–water partition coefficient (Wildman–Crippen LogP) is 2.46. The molecule has 2 rings (SSSR count). The Hall–Kier alpha value is -1.36. The molecule has 1 aliphatic rings. The zero-order valence-corrected chi connectivity index (χ0v) is 12.1. The average Bonchev–Trinajstić information content (AvgIpc) is 2.44. The number of amides is 1. The Labute approximate surface area is 117 Å². The first-order valence-electron chi connectivity index (χ1n) is 6.54. The van der Waals surface area contributed by atoms with E-state index >= 15 is 0 Å². The van der Waals surface area contributed by atoms with Gasteiger partial charge in [-0.2, -0.15) is 0 Å². The van der Waals surface area contributed by atoms with Gasteiger partial charge in [-0.15, -0.1) is 11.8 Å². The van der Waals surface area contributed by atoms with E-state index in [0.717, 1.165) is 29.4 Å². The van der Waals surface area contributed by atoms with Gasteiger partial charge in [0.25, 0.3) is 0 Å². The van der Waals surface area contributed by atoms with Gasteiger partial charge in [-0.1, -0.05) is 6.92 Å². The lowest BCUT2D eigenvalue weighted by Crippen LogP contribution is -2.31. The maximum atomic E-state index is 11.8. The van der Waals surface area contributed by atoms with Crippen LogP contribution in [0.1, 0.15) is 20.3 Å². The summed E-state index contributed by atoms with van der Waals surface area (Å²) < 4.78 is 11.0. The number of rotatable bonds is 5. The average molecular weight is 281 g/mol. The Morgan fingerprint density at radius 1 is 1.37 bits per heavy atom. The van der Waals surface area contributed by atoms with E-state index in [-0.39, 0.29) is 11.2 Å². The molecule has 1 aromatic carbocycles. The molecule has 0 aromatic heterocycles. The molecule has 0 radical (unpaired) electrons. The van der Waals surface area contributed by atoms with Crippen LogP contribution in [-0.2, 0) is 4.79 Å². The third kappa shape index (κ3) is 3.80. The van der Waals surface area contributed by atoms with Gasteiger partial charge in [0.2, 0.25) is 5.91 Å². The number of benzene rings is 1. The van der Waals surface area contributed by atoms with Gasteiger partial charge in [0.15, 0.2) is 11.5 Å². The van der Waals surface area contributed by atoms with Crippen LogP contribution >= 0.6 is 11.8 Å². The molecule has 1 aromatic rings. The minimum Gasteiger partial charge on any atom is -0.486 e. The molecule has 1 amide bonds. The third-order valence-electron chi connectivity index (χ3n) is 2.74. The van der Waals surface area contributed by atoms with Gasteiger partial charge in [-0.25, -0.2) is 0 Å². The molecule has 0 saturated heterocycles. The van der Waals surface area contributed by atoms with Crippen LogP contribution in [0.2, 0.25) is 0 Å². The number of fused-ring (bicyclic) bond motifs is 1. The van der Waals surface area contributed by atoms with E-state index in [1.807, 2.05) is 32.0 Å². The molecule has 4 nitrogen and oxygen atoms in total. The highest BCUT2D eigenvalue weighted by atomic mass is 32.2. The van der Waals surface area contributed by atoms with E-state index in [4.69, 9.17) is 9.47 Å². The minimum absolute atomic E-state index is 0.0711. The molecule has 104 valence electrons. The van der Waals surface area contributed by atoms with Crippen LogP contribution in [0, 0.1) is 0 Å². The minimum atomic E-state index is -0.117. The Kier molecular flexibility index (Phi) is 4.96. The number of carbonyl (C=O) groups excluding carboxylic acids is 1. The van der Waals surface area contributed by atoms with Crippen molar-refractivity contribution < 1.29 is 14.3 Å². The van der Waals surface area contributed by atoms with Crippen LogP contribution in [0.4, 0.5) is 0 Å². The summed E-state index contributed by atoms with van der Waals surface area (Å²) in [7, 11) is 0. The molecule has 5 heteroatoms. The van der Waals surface area contributed by atoms with Gasteiger partial charge >= 0.3 is 0 Å². The van der Waals surface area contributed by atoms with Crippen LogP contribution in [0.15, 0.2) is 23.1 Å². The first-order chi connectivity index (χ1) is 9.20. The van der Waals surface area contributed by atoms with Gasteiger partial charge in [-0.05, 0) is 31.5 Å². The lowest BCUT2D eigenvalue weighted by molar-refractivity contribution is -0.120. The maximum absolute atomic E-state index is 11.8. The lowest BCUT2D eigenvalue weighted by Gasteiger charge is -2.19. The highest BCUT2D eigenvalue weighted by molar-refractivity contribution is 8.00. The second-order valence-electron chi connectivity index (χ2n) is 4.36. The smallest absolute Gasteiger partial charge is 0.233 e.